The Balaban J connectivity index is 0.000000167. The molecule has 0 saturated heterocycles. The van der Waals surface area contributed by atoms with Crippen LogP contribution in [0, 0.1) is 13.8 Å². The zero-order chi connectivity index (χ0) is 85.0. The second-order valence-corrected chi connectivity index (χ2v) is 34.3. The summed E-state index contributed by atoms with van der Waals surface area (Å²) in [5, 5.41) is 14.3. The Kier molecular flexibility index (Phi) is 18.1. The van der Waals surface area contributed by atoms with Crippen molar-refractivity contribution in [2.45, 2.75) is 24.7 Å². The van der Waals surface area contributed by atoms with Gasteiger partial charge in [0.05, 0.1) is 44.6 Å². The predicted octanol–water partition coefficient (Wildman–Crippen LogP) is 32.6. The molecular weight excluding hydrogens is 1550 g/mol. The molecule has 0 saturated carbocycles. The number of aromatic nitrogens is 2. The Labute approximate surface area is 744 Å². The van der Waals surface area contributed by atoms with E-state index in [1.807, 2.05) is 0 Å². The van der Waals surface area contributed by atoms with Crippen LogP contribution in [0.4, 0.5) is 34.1 Å². The maximum atomic E-state index is 5.42. The molecule has 0 bridgehead atoms. The van der Waals surface area contributed by atoms with Gasteiger partial charge >= 0.3 is 0 Å². The van der Waals surface area contributed by atoms with Crippen molar-refractivity contribution >= 4 is 110 Å². The number of pyridine rings is 2. The van der Waals surface area contributed by atoms with Crippen molar-refractivity contribution < 1.29 is 0 Å². The van der Waals surface area contributed by atoms with Crippen molar-refractivity contribution in [2.75, 3.05) is 9.80 Å². The smallest absolute Gasteiger partial charge is 0.0978 e. The monoisotopic (exact) mass is 1630 g/mol. The molecule has 25 rings (SSSR count). The minimum atomic E-state index is -0.543. The maximum Gasteiger partial charge on any atom is 0.0978 e. The van der Waals surface area contributed by atoms with Gasteiger partial charge in [-0.15, -0.1) is 0 Å². The summed E-state index contributed by atoms with van der Waals surface area (Å²) in [6.45, 7) is 4.40. The van der Waals surface area contributed by atoms with Crippen LogP contribution in [0.3, 0.4) is 0 Å². The summed E-state index contributed by atoms with van der Waals surface area (Å²) in [5.41, 5.74) is 33.8. The number of fused-ring (bicyclic) bond motifs is 11. The highest BCUT2D eigenvalue weighted by molar-refractivity contribution is 6.28. The van der Waals surface area contributed by atoms with E-state index in [1.165, 1.54) is 132 Å². The molecule has 0 N–H and O–H groups in total. The van der Waals surface area contributed by atoms with Crippen LogP contribution in [-0.4, -0.2) is 9.97 Å². The van der Waals surface area contributed by atoms with Gasteiger partial charge in [0, 0.05) is 55.4 Å². The molecule has 4 nitrogen and oxygen atoms in total. The Morgan fingerprint density at radius 3 is 0.883 bits per heavy atom. The van der Waals surface area contributed by atoms with Crippen molar-refractivity contribution in [3.8, 4) is 67.0 Å². The molecule has 0 unspecified atom stereocenters. The first-order valence-corrected chi connectivity index (χ1v) is 44.3. The lowest BCUT2D eigenvalue weighted by Gasteiger charge is -2.35. The number of anilines is 6. The van der Waals surface area contributed by atoms with Gasteiger partial charge in [-0.3, -0.25) is 0 Å². The Bertz CT molecular complexity index is 7730. The average molecular weight is 1630 g/mol. The molecular formula is C124H84N4. The molecule has 0 fully saturated rings. The van der Waals surface area contributed by atoms with E-state index < -0.39 is 10.8 Å². The van der Waals surface area contributed by atoms with E-state index in [0.29, 0.717) is 0 Å². The van der Waals surface area contributed by atoms with Crippen LogP contribution in [0.5, 0.6) is 0 Å². The quantitative estimate of drug-likeness (QED) is 0.102. The highest BCUT2D eigenvalue weighted by Gasteiger charge is 2.48. The molecule has 4 heteroatoms. The maximum absolute atomic E-state index is 5.42. The summed E-state index contributed by atoms with van der Waals surface area (Å²) in [7, 11) is 0. The van der Waals surface area contributed by atoms with E-state index in [1.54, 1.807) is 0 Å². The molecule has 0 spiro atoms. The molecule has 2 heterocycles. The lowest BCUT2D eigenvalue weighted by atomic mass is 9.67. The van der Waals surface area contributed by atoms with Crippen molar-refractivity contribution in [1.82, 2.24) is 9.97 Å². The SMILES string of the molecule is Cc1cccc(N(c2cccc(C3(c4ccccc4)c4ccccc4-c4ccccc43)c2)c2ccc3ccc4c(N(c5cccc(C)c5)c5cccc(C6(c7ccccc7)c7ccccc7-c7ccccc76)c5)ccc5ccc2c3c54)c1.c1ccc(-c2cc(-c3ccc4ccccc4c3)nc3c2ccc2c(-c4ccccc4)cc(-c4ccc5ccccc5c4)nc23)cc1. The van der Waals surface area contributed by atoms with Crippen LogP contribution >= 0.6 is 0 Å². The largest absolute Gasteiger partial charge is 0.310 e. The molecule has 600 valence electrons. The summed E-state index contributed by atoms with van der Waals surface area (Å²) in [4.78, 5) is 15.8. The van der Waals surface area contributed by atoms with Gasteiger partial charge in [0.1, 0.15) is 0 Å². The second-order valence-electron chi connectivity index (χ2n) is 34.3. The van der Waals surface area contributed by atoms with Gasteiger partial charge in [0.25, 0.3) is 0 Å². The van der Waals surface area contributed by atoms with Gasteiger partial charge in [-0.25, -0.2) is 9.97 Å². The third kappa shape index (κ3) is 12.3. The molecule has 0 radical (unpaired) electrons. The van der Waals surface area contributed by atoms with Crippen molar-refractivity contribution in [3.63, 3.8) is 0 Å². The van der Waals surface area contributed by atoms with Crippen molar-refractivity contribution in [3.05, 3.63) is 529 Å². The number of rotatable bonds is 14. The minimum Gasteiger partial charge on any atom is -0.310 e. The normalized spacial score (nSPS) is 12.7. The van der Waals surface area contributed by atoms with Crippen LogP contribution in [0.1, 0.15) is 55.6 Å². The molecule has 2 aliphatic carbocycles. The van der Waals surface area contributed by atoms with Gasteiger partial charge in [-0.1, -0.05) is 388 Å². The topological polar surface area (TPSA) is 32.3 Å². The third-order valence-electron chi connectivity index (χ3n) is 27.0. The standard InChI is InChI=1S/C80H56N2.C44H28N2/c1-53-21-17-29-61(49-53)81(63-31-19-27-59(51-63)79(57-23-5-3-6-24-57)71-37-13-9-33-65(71)66-34-10-14-38-72(66)79)75-47-43-55-42-46-70-76(48-44-56-41-45-69(75)77(55)78(56)70)82(62-30-18-22-54(2)50-62)64-32-20-28-60(52-64)80(58-25-7-4-8-26-58)73-39-15-11-35-67(73)68-36-12-16-40-74(68)80;1-3-13-31(14-4-1)39-27-41(35-21-19-29-11-7-9-17-33(29)25-35)45-43-37(39)23-24-38-40(32-15-5-2-6-16-32)28-42(46-44(38)43)36-22-20-30-12-8-10-18-34(30)26-36/h3-52H,1-2H3;1-28H. The Morgan fingerprint density at radius 2 is 0.500 bits per heavy atom. The molecule has 2 aliphatic rings. The Morgan fingerprint density at radius 1 is 0.195 bits per heavy atom. The predicted molar refractivity (Wildman–Crippen MR) is 537 cm³/mol. The van der Waals surface area contributed by atoms with Gasteiger partial charge in [0.15, 0.2) is 0 Å². The average Bonchev–Trinajstić information content (AvgIpc) is 1.51. The fraction of sp³-hybridized carbons (Fsp3) is 0.0323. The van der Waals surface area contributed by atoms with Crippen LogP contribution in [-0.2, 0) is 10.8 Å². The molecule has 0 atom stereocenters. The number of aryl methyl sites for hydroxylation is 2. The zero-order valence-electron chi connectivity index (χ0n) is 70.8. The van der Waals surface area contributed by atoms with Crippen molar-refractivity contribution in [1.29, 1.82) is 0 Å². The van der Waals surface area contributed by atoms with Gasteiger partial charge in [-0.05, 0) is 242 Å². The lowest BCUT2D eigenvalue weighted by molar-refractivity contribution is 0.768. The molecule has 21 aromatic carbocycles. The first kappa shape index (κ1) is 75.4. The summed E-state index contributed by atoms with van der Waals surface area (Å²) in [5.74, 6) is 0. The van der Waals surface area contributed by atoms with E-state index >= 15 is 0 Å². The van der Waals surface area contributed by atoms with Crippen LogP contribution in [0.2, 0.25) is 0 Å². The van der Waals surface area contributed by atoms with Crippen LogP contribution < -0.4 is 9.80 Å². The molecule has 0 aliphatic heterocycles. The molecule has 0 amide bonds. The van der Waals surface area contributed by atoms with E-state index in [0.717, 1.165) is 101 Å². The first-order valence-electron chi connectivity index (χ1n) is 44.3. The van der Waals surface area contributed by atoms with Crippen molar-refractivity contribution in [2.24, 2.45) is 0 Å². The number of hydrogen-bond acceptors (Lipinski definition) is 4. The Hall–Kier alpha value is -16.4. The second kappa shape index (κ2) is 30.8. The fourth-order valence-corrected chi connectivity index (χ4v) is 21.4. The highest BCUT2D eigenvalue weighted by Crippen LogP contribution is 2.60. The lowest BCUT2D eigenvalue weighted by Crippen LogP contribution is -2.28. The fourth-order valence-electron chi connectivity index (χ4n) is 21.4. The van der Waals surface area contributed by atoms with E-state index in [4.69, 9.17) is 9.97 Å². The summed E-state index contributed by atoms with van der Waals surface area (Å²) >= 11 is 0. The number of hydrogen-bond donors (Lipinski definition) is 0. The molecule has 128 heavy (non-hydrogen) atoms. The minimum absolute atomic E-state index is 0.543. The van der Waals surface area contributed by atoms with E-state index in [9.17, 15) is 0 Å². The van der Waals surface area contributed by atoms with Crippen LogP contribution in [0.25, 0.3) is 143 Å². The summed E-state index contributed by atoms with van der Waals surface area (Å²) < 4.78 is 0. The van der Waals surface area contributed by atoms with E-state index in [2.05, 4.69) is 497 Å². The van der Waals surface area contributed by atoms with Crippen LogP contribution in [0.15, 0.2) is 473 Å². The third-order valence-corrected chi connectivity index (χ3v) is 27.0. The number of benzene rings is 21. The number of nitrogens with zero attached hydrogens (tertiary/aromatic N) is 4. The van der Waals surface area contributed by atoms with Gasteiger partial charge in [-0.2, -0.15) is 0 Å². The van der Waals surface area contributed by atoms with E-state index in [-0.39, 0.29) is 0 Å². The van der Waals surface area contributed by atoms with Gasteiger partial charge < -0.3 is 9.80 Å². The van der Waals surface area contributed by atoms with Gasteiger partial charge in [0.2, 0.25) is 0 Å². The molecule has 23 aromatic rings. The molecule has 2 aromatic heterocycles. The summed E-state index contributed by atoms with van der Waals surface area (Å²) in [6, 6.07) is 174. The zero-order valence-corrected chi connectivity index (χ0v) is 70.8. The highest BCUT2D eigenvalue weighted by atomic mass is 15.2. The summed E-state index contributed by atoms with van der Waals surface area (Å²) in [6.07, 6.45) is 0. The first-order chi connectivity index (χ1) is 63.3.